The third kappa shape index (κ3) is 2.50. The van der Waals surface area contributed by atoms with Crippen molar-refractivity contribution in [2.24, 2.45) is 5.92 Å². The summed E-state index contributed by atoms with van der Waals surface area (Å²) < 4.78 is 5.23. The Hall–Kier alpha value is -2.17. The lowest BCUT2D eigenvalue weighted by Crippen LogP contribution is -2.13. The summed E-state index contributed by atoms with van der Waals surface area (Å²) >= 11 is 0. The van der Waals surface area contributed by atoms with Crippen molar-refractivity contribution in [2.45, 2.75) is 25.7 Å². The maximum atomic E-state index is 10.8. The van der Waals surface area contributed by atoms with Crippen LogP contribution in [-0.2, 0) is 6.42 Å². The number of carbonyl (C=O) groups is 1. The SMILES string of the molecule is O=C(O)c1ccc(-c2noc(CC3CCC3)n2)cc1. The van der Waals surface area contributed by atoms with Crippen LogP contribution in [0, 0.1) is 5.92 Å². The topological polar surface area (TPSA) is 76.2 Å². The van der Waals surface area contributed by atoms with Crippen LogP contribution in [0.5, 0.6) is 0 Å². The predicted octanol–water partition coefficient (Wildman–Crippen LogP) is 2.78. The number of aromatic nitrogens is 2. The first-order chi connectivity index (χ1) is 9.22. The van der Waals surface area contributed by atoms with E-state index in [9.17, 15) is 4.79 Å². The van der Waals surface area contributed by atoms with Crippen molar-refractivity contribution in [2.75, 3.05) is 0 Å². The van der Waals surface area contributed by atoms with E-state index >= 15 is 0 Å². The van der Waals surface area contributed by atoms with Gasteiger partial charge in [0, 0.05) is 12.0 Å². The van der Waals surface area contributed by atoms with Crippen LogP contribution in [0.15, 0.2) is 28.8 Å². The molecular weight excluding hydrogens is 244 g/mol. The van der Waals surface area contributed by atoms with Crippen LogP contribution in [0.1, 0.15) is 35.5 Å². The van der Waals surface area contributed by atoms with E-state index in [1.807, 2.05) is 0 Å². The van der Waals surface area contributed by atoms with Crippen molar-refractivity contribution in [1.82, 2.24) is 10.1 Å². The summed E-state index contributed by atoms with van der Waals surface area (Å²) in [5, 5.41) is 12.8. The summed E-state index contributed by atoms with van der Waals surface area (Å²) in [6, 6.07) is 6.47. The minimum atomic E-state index is -0.940. The van der Waals surface area contributed by atoms with Crippen molar-refractivity contribution >= 4 is 5.97 Å². The molecule has 0 amide bonds. The van der Waals surface area contributed by atoms with Gasteiger partial charge in [-0.1, -0.05) is 23.7 Å². The van der Waals surface area contributed by atoms with Gasteiger partial charge >= 0.3 is 5.97 Å². The van der Waals surface area contributed by atoms with Crippen LogP contribution in [0.25, 0.3) is 11.4 Å². The first kappa shape index (κ1) is 11.9. The highest BCUT2D eigenvalue weighted by Crippen LogP contribution is 2.29. The molecule has 1 aromatic heterocycles. The molecule has 0 bridgehead atoms. The summed E-state index contributed by atoms with van der Waals surface area (Å²) in [4.78, 5) is 15.1. The molecule has 2 aromatic rings. The summed E-state index contributed by atoms with van der Waals surface area (Å²) in [5.41, 5.74) is 1.02. The minimum absolute atomic E-state index is 0.252. The highest BCUT2D eigenvalue weighted by Gasteiger charge is 2.21. The third-order valence-corrected chi connectivity index (χ3v) is 3.55. The summed E-state index contributed by atoms with van der Waals surface area (Å²) in [6.07, 6.45) is 4.62. The molecule has 19 heavy (non-hydrogen) atoms. The van der Waals surface area contributed by atoms with Crippen molar-refractivity contribution in [1.29, 1.82) is 0 Å². The maximum absolute atomic E-state index is 10.8. The number of benzene rings is 1. The number of nitrogens with zero attached hydrogens (tertiary/aromatic N) is 2. The molecule has 0 spiro atoms. The Morgan fingerprint density at radius 3 is 2.63 bits per heavy atom. The van der Waals surface area contributed by atoms with Gasteiger partial charge in [-0.3, -0.25) is 0 Å². The molecule has 98 valence electrons. The first-order valence-electron chi connectivity index (χ1n) is 6.38. The summed E-state index contributed by atoms with van der Waals surface area (Å²) in [6.45, 7) is 0. The number of carboxylic acids is 1. The van der Waals surface area contributed by atoms with E-state index in [1.54, 1.807) is 24.3 Å². The van der Waals surface area contributed by atoms with Crippen LogP contribution in [0.3, 0.4) is 0 Å². The Morgan fingerprint density at radius 2 is 2.05 bits per heavy atom. The summed E-state index contributed by atoms with van der Waals surface area (Å²) in [7, 11) is 0. The zero-order valence-electron chi connectivity index (χ0n) is 10.4. The number of carboxylic acid groups (broad SMARTS) is 1. The van der Waals surface area contributed by atoms with Gasteiger partial charge in [-0.25, -0.2) is 4.79 Å². The van der Waals surface area contributed by atoms with Crippen LogP contribution < -0.4 is 0 Å². The van der Waals surface area contributed by atoms with Crippen LogP contribution in [0.4, 0.5) is 0 Å². The molecule has 1 N–H and O–H groups in total. The van der Waals surface area contributed by atoms with Crippen LogP contribution in [-0.4, -0.2) is 21.2 Å². The fraction of sp³-hybridized carbons (Fsp3) is 0.357. The molecule has 1 saturated carbocycles. The van der Waals surface area contributed by atoms with E-state index in [2.05, 4.69) is 10.1 Å². The molecule has 5 nitrogen and oxygen atoms in total. The van der Waals surface area contributed by atoms with Gasteiger partial charge in [0.05, 0.1) is 5.56 Å². The van der Waals surface area contributed by atoms with Crippen LogP contribution >= 0.6 is 0 Å². The average molecular weight is 258 g/mol. The Labute approximate surface area is 110 Å². The number of hydrogen-bond donors (Lipinski definition) is 1. The smallest absolute Gasteiger partial charge is 0.335 e. The van der Waals surface area contributed by atoms with E-state index < -0.39 is 5.97 Å². The highest BCUT2D eigenvalue weighted by atomic mass is 16.5. The van der Waals surface area contributed by atoms with Gasteiger partial charge in [0.25, 0.3) is 0 Å². The summed E-state index contributed by atoms with van der Waals surface area (Å²) in [5.74, 6) is 0.932. The van der Waals surface area contributed by atoms with Crippen molar-refractivity contribution in [3.05, 3.63) is 35.7 Å². The number of rotatable bonds is 4. The lowest BCUT2D eigenvalue weighted by molar-refractivity contribution is 0.0697. The minimum Gasteiger partial charge on any atom is -0.478 e. The van der Waals surface area contributed by atoms with Gasteiger partial charge in [-0.2, -0.15) is 4.98 Å². The van der Waals surface area contributed by atoms with Crippen molar-refractivity contribution in [3.8, 4) is 11.4 Å². The zero-order valence-corrected chi connectivity index (χ0v) is 10.4. The first-order valence-corrected chi connectivity index (χ1v) is 6.38. The second-order valence-electron chi connectivity index (χ2n) is 4.90. The Balaban J connectivity index is 1.75. The van der Waals surface area contributed by atoms with Gasteiger partial charge in [-0.05, 0) is 30.9 Å². The lowest BCUT2D eigenvalue weighted by atomic mass is 9.83. The van der Waals surface area contributed by atoms with E-state index in [0.717, 1.165) is 12.0 Å². The van der Waals surface area contributed by atoms with E-state index in [4.69, 9.17) is 9.63 Å². The molecule has 1 fully saturated rings. The Kier molecular flexibility index (Phi) is 3.03. The molecule has 0 unspecified atom stereocenters. The van der Waals surface area contributed by atoms with E-state index in [0.29, 0.717) is 17.6 Å². The van der Waals surface area contributed by atoms with E-state index in [-0.39, 0.29) is 5.56 Å². The average Bonchev–Trinajstić information content (AvgIpc) is 2.82. The molecule has 1 aliphatic rings. The number of aromatic carboxylic acids is 1. The normalized spacial score (nSPS) is 15.2. The number of hydrogen-bond acceptors (Lipinski definition) is 4. The van der Waals surface area contributed by atoms with E-state index in [1.165, 1.54) is 19.3 Å². The quantitative estimate of drug-likeness (QED) is 0.912. The zero-order chi connectivity index (χ0) is 13.2. The largest absolute Gasteiger partial charge is 0.478 e. The predicted molar refractivity (Wildman–Crippen MR) is 67.7 cm³/mol. The molecule has 5 heteroatoms. The van der Waals surface area contributed by atoms with Gasteiger partial charge in [0.1, 0.15) is 0 Å². The fourth-order valence-electron chi connectivity index (χ4n) is 2.16. The van der Waals surface area contributed by atoms with Gasteiger partial charge in [0.2, 0.25) is 11.7 Å². The Morgan fingerprint density at radius 1 is 1.32 bits per heavy atom. The standard InChI is InChI=1S/C14H14N2O3/c17-14(18)11-6-4-10(5-7-11)13-15-12(19-16-13)8-9-2-1-3-9/h4-7,9H,1-3,8H2,(H,17,18). The van der Waals surface area contributed by atoms with Gasteiger partial charge in [0.15, 0.2) is 0 Å². The fourth-order valence-corrected chi connectivity index (χ4v) is 2.16. The van der Waals surface area contributed by atoms with Gasteiger partial charge in [-0.15, -0.1) is 0 Å². The van der Waals surface area contributed by atoms with Crippen molar-refractivity contribution in [3.63, 3.8) is 0 Å². The molecule has 1 aromatic carbocycles. The molecule has 0 saturated heterocycles. The molecule has 3 rings (SSSR count). The second-order valence-corrected chi connectivity index (χ2v) is 4.90. The highest BCUT2D eigenvalue weighted by molar-refractivity contribution is 5.88. The molecule has 0 radical (unpaired) electrons. The monoisotopic (exact) mass is 258 g/mol. The molecule has 0 atom stereocenters. The second kappa shape index (κ2) is 4.84. The van der Waals surface area contributed by atoms with Crippen molar-refractivity contribution < 1.29 is 14.4 Å². The lowest BCUT2D eigenvalue weighted by Gasteiger charge is -2.23. The molecule has 1 aliphatic carbocycles. The van der Waals surface area contributed by atoms with Crippen LogP contribution in [0.2, 0.25) is 0 Å². The maximum Gasteiger partial charge on any atom is 0.335 e. The van der Waals surface area contributed by atoms with Gasteiger partial charge < -0.3 is 9.63 Å². The molecule has 1 heterocycles. The molecular formula is C14H14N2O3. The molecule has 0 aliphatic heterocycles. The Bertz CT molecular complexity index is 585. The third-order valence-electron chi connectivity index (χ3n) is 3.55.